The highest BCUT2D eigenvalue weighted by Gasteiger charge is 2.14. The molecule has 7 aromatic rings. The van der Waals surface area contributed by atoms with Crippen molar-refractivity contribution in [1.82, 2.24) is 0 Å². The third kappa shape index (κ3) is 4.02. The number of benzene rings is 6. The zero-order valence-electron chi connectivity index (χ0n) is 21.2. The Morgan fingerprint density at radius 3 is 1.66 bits per heavy atom. The van der Waals surface area contributed by atoms with Crippen molar-refractivity contribution in [1.29, 1.82) is 0 Å². The van der Waals surface area contributed by atoms with Crippen LogP contribution in [0.2, 0.25) is 0 Å². The molecule has 0 atom stereocenters. The van der Waals surface area contributed by atoms with Crippen molar-refractivity contribution < 1.29 is 0 Å². The molecule has 38 heavy (non-hydrogen) atoms. The van der Waals surface area contributed by atoms with Crippen LogP contribution in [0.1, 0.15) is 5.56 Å². The summed E-state index contributed by atoms with van der Waals surface area (Å²) in [4.78, 5) is 0. The number of hydrogen-bond acceptors (Lipinski definition) is 1. The Morgan fingerprint density at radius 2 is 0.974 bits per heavy atom. The third-order valence-corrected chi connectivity index (χ3v) is 8.55. The van der Waals surface area contributed by atoms with Gasteiger partial charge in [-0.05, 0) is 93.4 Å². The number of rotatable bonds is 4. The van der Waals surface area contributed by atoms with Crippen LogP contribution in [0.15, 0.2) is 140 Å². The first-order valence-corrected chi connectivity index (χ1v) is 13.8. The van der Waals surface area contributed by atoms with Crippen LogP contribution in [0, 0.1) is 6.92 Å². The van der Waals surface area contributed by atoms with E-state index in [1.807, 2.05) is 11.3 Å². The fourth-order valence-electron chi connectivity index (χ4n) is 5.48. The molecule has 6 aromatic carbocycles. The van der Waals surface area contributed by atoms with Gasteiger partial charge < -0.3 is 0 Å². The third-order valence-electron chi connectivity index (χ3n) is 7.41. The summed E-state index contributed by atoms with van der Waals surface area (Å²) < 4.78 is 2.68. The normalized spacial score (nSPS) is 11.3. The predicted molar refractivity (Wildman–Crippen MR) is 166 cm³/mol. The maximum absolute atomic E-state index is 2.38. The van der Waals surface area contributed by atoms with Crippen LogP contribution in [-0.4, -0.2) is 0 Å². The van der Waals surface area contributed by atoms with Gasteiger partial charge in [0.2, 0.25) is 0 Å². The summed E-state index contributed by atoms with van der Waals surface area (Å²) >= 11 is 1.88. The van der Waals surface area contributed by atoms with Crippen molar-refractivity contribution in [2.45, 2.75) is 6.92 Å². The number of thiophene rings is 1. The second-order valence-corrected chi connectivity index (χ2v) is 10.9. The van der Waals surface area contributed by atoms with Gasteiger partial charge in [-0.15, -0.1) is 11.3 Å². The van der Waals surface area contributed by atoms with E-state index in [1.54, 1.807) is 0 Å². The van der Waals surface area contributed by atoms with E-state index in [2.05, 4.69) is 146 Å². The average Bonchev–Trinajstić information content (AvgIpc) is 3.37. The van der Waals surface area contributed by atoms with Crippen LogP contribution >= 0.6 is 11.3 Å². The van der Waals surface area contributed by atoms with Gasteiger partial charge in [0.1, 0.15) is 0 Å². The van der Waals surface area contributed by atoms with Crippen LogP contribution in [0.25, 0.3) is 64.7 Å². The van der Waals surface area contributed by atoms with Gasteiger partial charge in [-0.1, -0.05) is 103 Å². The summed E-state index contributed by atoms with van der Waals surface area (Å²) in [5, 5.41) is 2.70. The molecule has 0 N–H and O–H groups in total. The van der Waals surface area contributed by atoms with Crippen molar-refractivity contribution >= 4 is 31.5 Å². The summed E-state index contributed by atoms with van der Waals surface area (Å²) in [6, 6.07) is 50.7. The lowest BCUT2D eigenvalue weighted by atomic mass is 9.90. The van der Waals surface area contributed by atoms with Gasteiger partial charge in [-0.2, -0.15) is 0 Å². The molecule has 0 spiro atoms. The largest absolute Gasteiger partial charge is 0.135 e. The van der Waals surface area contributed by atoms with E-state index in [0.717, 1.165) is 0 Å². The Labute approximate surface area is 227 Å². The molecule has 0 radical (unpaired) electrons. The van der Waals surface area contributed by atoms with Gasteiger partial charge >= 0.3 is 0 Å². The van der Waals surface area contributed by atoms with E-state index in [1.165, 1.54) is 70.2 Å². The zero-order chi connectivity index (χ0) is 25.5. The molecule has 1 aromatic heterocycles. The number of aryl methyl sites for hydroxylation is 1. The first-order valence-electron chi connectivity index (χ1n) is 13.0. The van der Waals surface area contributed by atoms with Gasteiger partial charge in [0.05, 0.1) is 0 Å². The molecule has 7 rings (SSSR count). The van der Waals surface area contributed by atoms with E-state index in [4.69, 9.17) is 0 Å². The minimum atomic E-state index is 1.23. The Hall–Kier alpha value is -4.46. The number of fused-ring (bicyclic) bond motifs is 3. The lowest BCUT2D eigenvalue weighted by Gasteiger charge is -2.14. The van der Waals surface area contributed by atoms with Crippen molar-refractivity contribution in [3.05, 3.63) is 145 Å². The molecular formula is C37H26S. The van der Waals surface area contributed by atoms with Gasteiger partial charge in [-0.3, -0.25) is 0 Å². The molecule has 0 fully saturated rings. The zero-order valence-corrected chi connectivity index (χ0v) is 22.0. The Kier molecular flexibility index (Phi) is 5.65. The molecule has 0 aliphatic heterocycles. The molecule has 180 valence electrons. The lowest BCUT2D eigenvalue weighted by Crippen LogP contribution is -1.89. The molecule has 1 heteroatoms. The smallest absolute Gasteiger partial charge is 0.0361 e. The SMILES string of the molecule is Cc1ccc(-c2cc(-c3ccccc3)cc(-c3ccccc3)c2)cc1-c1cccc2sc3ccccc3c12. The van der Waals surface area contributed by atoms with Gasteiger partial charge in [0, 0.05) is 20.2 Å². The van der Waals surface area contributed by atoms with Gasteiger partial charge in [0.25, 0.3) is 0 Å². The first kappa shape index (κ1) is 22.7. The minimum Gasteiger partial charge on any atom is -0.135 e. The highest BCUT2D eigenvalue weighted by Crippen LogP contribution is 2.42. The maximum Gasteiger partial charge on any atom is 0.0361 e. The molecule has 1 heterocycles. The summed E-state index contributed by atoms with van der Waals surface area (Å²) in [6.45, 7) is 2.22. The summed E-state index contributed by atoms with van der Waals surface area (Å²) in [5.74, 6) is 0. The lowest BCUT2D eigenvalue weighted by molar-refractivity contribution is 1.46. The molecule has 0 nitrogen and oxygen atoms in total. The first-order chi connectivity index (χ1) is 18.7. The van der Waals surface area contributed by atoms with Crippen LogP contribution in [0.5, 0.6) is 0 Å². The van der Waals surface area contributed by atoms with Crippen molar-refractivity contribution in [2.24, 2.45) is 0 Å². The van der Waals surface area contributed by atoms with Crippen molar-refractivity contribution in [2.75, 3.05) is 0 Å². The van der Waals surface area contributed by atoms with Crippen LogP contribution in [0.4, 0.5) is 0 Å². The van der Waals surface area contributed by atoms with Crippen LogP contribution in [-0.2, 0) is 0 Å². The molecule has 0 unspecified atom stereocenters. The molecule has 0 bridgehead atoms. The molecule has 0 saturated heterocycles. The minimum absolute atomic E-state index is 1.23. The molecule has 0 amide bonds. The predicted octanol–water partition coefficient (Wildman–Crippen LogP) is 11.0. The van der Waals surface area contributed by atoms with Gasteiger partial charge in [0.15, 0.2) is 0 Å². The second kappa shape index (κ2) is 9.45. The highest BCUT2D eigenvalue weighted by atomic mass is 32.1. The Bertz CT molecular complexity index is 1850. The average molecular weight is 503 g/mol. The fourth-order valence-corrected chi connectivity index (χ4v) is 6.61. The molecule has 0 saturated carbocycles. The molecule has 0 aliphatic carbocycles. The van der Waals surface area contributed by atoms with E-state index in [-0.39, 0.29) is 0 Å². The van der Waals surface area contributed by atoms with E-state index in [9.17, 15) is 0 Å². The number of hydrogen-bond donors (Lipinski definition) is 0. The molecular weight excluding hydrogens is 476 g/mol. The quantitative estimate of drug-likeness (QED) is 0.224. The van der Waals surface area contributed by atoms with E-state index >= 15 is 0 Å². The summed E-state index contributed by atoms with van der Waals surface area (Å²) in [5.41, 5.74) is 11.3. The topological polar surface area (TPSA) is 0 Å². The second-order valence-electron chi connectivity index (χ2n) is 9.84. The fraction of sp³-hybridized carbons (Fsp3) is 0.0270. The summed E-state index contributed by atoms with van der Waals surface area (Å²) in [6.07, 6.45) is 0. The van der Waals surface area contributed by atoms with Crippen molar-refractivity contribution in [3.8, 4) is 44.5 Å². The maximum atomic E-state index is 2.38. The monoisotopic (exact) mass is 502 g/mol. The van der Waals surface area contributed by atoms with E-state index in [0.29, 0.717) is 0 Å². The van der Waals surface area contributed by atoms with Crippen molar-refractivity contribution in [3.63, 3.8) is 0 Å². The van der Waals surface area contributed by atoms with Crippen LogP contribution in [0.3, 0.4) is 0 Å². The summed E-state index contributed by atoms with van der Waals surface area (Å²) in [7, 11) is 0. The Morgan fingerprint density at radius 1 is 0.395 bits per heavy atom. The standard InChI is InChI=1S/C37H26S/c1-25-19-20-28(24-34(25)32-16-10-18-36-37(32)33-15-8-9-17-35(33)38-36)31-22-29(26-11-4-2-5-12-26)21-30(23-31)27-13-6-3-7-14-27/h2-24H,1H3. The van der Waals surface area contributed by atoms with E-state index < -0.39 is 0 Å². The van der Waals surface area contributed by atoms with Gasteiger partial charge in [-0.25, -0.2) is 0 Å². The molecule has 0 aliphatic rings. The highest BCUT2D eigenvalue weighted by molar-refractivity contribution is 7.25. The van der Waals surface area contributed by atoms with Crippen LogP contribution < -0.4 is 0 Å². The Balaban J connectivity index is 1.44.